The van der Waals surface area contributed by atoms with Crippen LogP contribution in [-0.4, -0.2) is 29.4 Å². The first kappa shape index (κ1) is 17.7. The summed E-state index contributed by atoms with van der Waals surface area (Å²) in [5.74, 6) is 1.74. The number of carbonyl (C=O) groups excluding carboxylic acids is 2. The van der Waals surface area contributed by atoms with Gasteiger partial charge in [-0.25, -0.2) is 0 Å². The molecule has 144 valence electrons. The van der Waals surface area contributed by atoms with Gasteiger partial charge in [0, 0.05) is 16.4 Å². The molecule has 1 aromatic rings. The number of amides is 1. The van der Waals surface area contributed by atoms with Crippen LogP contribution in [0.3, 0.4) is 0 Å². The number of carbonyl (C=O) groups is 2. The van der Waals surface area contributed by atoms with E-state index >= 15 is 0 Å². The number of benzene rings is 1. The molecule has 0 radical (unpaired) electrons. The molecule has 1 aromatic carbocycles. The molecule has 0 spiro atoms. The van der Waals surface area contributed by atoms with Gasteiger partial charge in [0.25, 0.3) is 0 Å². The van der Waals surface area contributed by atoms with E-state index in [1.54, 1.807) is 0 Å². The van der Waals surface area contributed by atoms with E-state index in [0.717, 1.165) is 47.1 Å². The minimum Gasteiger partial charge on any atom is -0.469 e. The fourth-order valence-corrected chi connectivity index (χ4v) is 7.32. The Bertz CT molecular complexity index is 739. The molecule has 5 fully saturated rings. The van der Waals surface area contributed by atoms with Crippen LogP contribution in [0.5, 0.6) is 0 Å². The topological polar surface area (TPSA) is 46.6 Å². The summed E-state index contributed by atoms with van der Waals surface area (Å²) < 4.78 is 6.10. The van der Waals surface area contributed by atoms with Crippen molar-refractivity contribution in [2.75, 3.05) is 7.11 Å². The summed E-state index contributed by atoms with van der Waals surface area (Å²) in [5.41, 5.74) is 1.00. The number of esters is 1. The molecule has 4 aliphatic carbocycles. The number of methoxy groups -OCH3 is 1. The molecule has 1 amide bonds. The van der Waals surface area contributed by atoms with Crippen molar-refractivity contribution in [3.63, 3.8) is 0 Å². The predicted molar refractivity (Wildman–Crippen MR) is 105 cm³/mol. The molecule has 0 aromatic heterocycles. The van der Waals surface area contributed by atoms with Gasteiger partial charge < -0.3 is 9.64 Å². The zero-order valence-electron chi connectivity index (χ0n) is 15.7. The van der Waals surface area contributed by atoms with E-state index in [0.29, 0.717) is 0 Å². The second-order valence-corrected chi connectivity index (χ2v) is 10.2. The van der Waals surface area contributed by atoms with Gasteiger partial charge in [0.1, 0.15) is 0 Å². The third-order valence-corrected chi connectivity index (χ3v) is 8.08. The largest absolute Gasteiger partial charge is 0.469 e. The normalized spacial score (nSPS) is 39.9. The molecule has 4 bridgehead atoms. The summed E-state index contributed by atoms with van der Waals surface area (Å²) in [4.78, 5) is 28.0. The number of halogens is 1. The molecule has 5 aliphatic rings. The molecule has 27 heavy (non-hydrogen) atoms. The van der Waals surface area contributed by atoms with E-state index in [9.17, 15) is 9.59 Å². The summed E-state index contributed by atoms with van der Waals surface area (Å²) in [6.07, 6.45) is 7.64. The van der Waals surface area contributed by atoms with Crippen molar-refractivity contribution in [1.29, 1.82) is 0 Å². The molecule has 1 aliphatic heterocycles. The molecule has 1 heterocycles. The van der Waals surface area contributed by atoms with Crippen LogP contribution in [0.4, 0.5) is 0 Å². The molecule has 1 saturated heterocycles. The van der Waals surface area contributed by atoms with Gasteiger partial charge >= 0.3 is 5.97 Å². The highest BCUT2D eigenvalue weighted by molar-refractivity contribution is 9.10. The zero-order valence-corrected chi connectivity index (χ0v) is 17.3. The van der Waals surface area contributed by atoms with Crippen LogP contribution in [0.15, 0.2) is 28.7 Å². The average molecular weight is 432 g/mol. The highest BCUT2D eigenvalue weighted by atomic mass is 79.9. The van der Waals surface area contributed by atoms with Crippen LogP contribution >= 0.6 is 15.9 Å². The maximum atomic E-state index is 13.3. The number of likely N-dealkylation sites (tertiary alicyclic amines) is 1. The summed E-state index contributed by atoms with van der Waals surface area (Å²) in [6, 6.07) is 7.91. The molecular weight excluding hydrogens is 406 g/mol. The predicted octanol–water partition coefficient (Wildman–Crippen LogP) is 4.48. The smallest absolute Gasteiger partial charge is 0.311 e. The van der Waals surface area contributed by atoms with Crippen molar-refractivity contribution in [2.45, 2.75) is 56.5 Å². The Labute approximate surface area is 168 Å². The second kappa shape index (κ2) is 6.33. The lowest BCUT2D eigenvalue weighted by molar-refractivity contribution is -0.152. The zero-order chi connectivity index (χ0) is 18.8. The third kappa shape index (κ3) is 2.76. The Hall–Kier alpha value is -1.36. The molecular formula is C22H26BrNO3. The van der Waals surface area contributed by atoms with Gasteiger partial charge in [0.2, 0.25) is 5.91 Å². The van der Waals surface area contributed by atoms with E-state index < -0.39 is 5.92 Å². The van der Waals surface area contributed by atoms with Crippen LogP contribution in [0.25, 0.3) is 0 Å². The van der Waals surface area contributed by atoms with Crippen molar-refractivity contribution >= 4 is 27.8 Å². The Balaban J connectivity index is 1.57. The van der Waals surface area contributed by atoms with Crippen LogP contribution in [0.2, 0.25) is 0 Å². The maximum Gasteiger partial charge on any atom is 0.311 e. The Morgan fingerprint density at radius 2 is 1.63 bits per heavy atom. The maximum absolute atomic E-state index is 13.3. The van der Waals surface area contributed by atoms with E-state index in [2.05, 4.69) is 33.0 Å². The van der Waals surface area contributed by atoms with Gasteiger partial charge in [-0.3, -0.25) is 9.59 Å². The van der Waals surface area contributed by atoms with Crippen LogP contribution in [0, 0.1) is 23.7 Å². The fraction of sp³-hybridized carbons (Fsp3) is 0.636. The number of rotatable bonds is 3. The monoisotopic (exact) mass is 431 g/mol. The molecule has 5 heteroatoms. The highest BCUT2D eigenvalue weighted by Gasteiger charge is 2.60. The number of hydrogen-bond acceptors (Lipinski definition) is 3. The lowest BCUT2D eigenvalue weighted by atomic mass is 9.52. The third-order valence-electron chi connectivity index (χ3n) is 7.55. The van der Waals surface area contributed by atoms with Gasteiger partial charge in [-0.2, -0.15) is 0 Å². The van der Waals surface area contributed by atoms with Crippen molar-refractivity contribution in [3.05, 3.63) is 34.3 Å². The first-order valence-electron chi connectivity index (χ1n) is 10.1. The van der Waals surface area contributed by atoms with E-state index in [4.69, 9.17) is 4.74 Å². The first-order chi connectivity index (χ1) is 13.0. The Morgan fingerprint density at radius 3 is 2.15 bits per heavy atom. The van der Waals surface area contributed by atoms with Crippen LogP contribution in [-0.2, 0) is 14.3 Å². The van der Waals surface area contributed by atoms with Gasteiger partial charge in [0.15, 0.2) is 0 Å². The van der Waals surface area contributed by atoms with Gasteiger partial charge in [-0.05, 0) is 74.0 Å². The van der Waals surface area contributed by atoms with Gasteiger partial charge in [-0.1, -0.05) is 28.1 Å². The minimum atomic E-state index is -0.406. The quantitative estimate of drug-likeness (QED) is 0.662. The van der Waals surface area contributed by atoms with Crippen molar-refractivity contribution in [2.24, 2.45) is 23.7 Å². The summed E-state index contributed by atoms with van der Waals surface area (Å²) >= 11 is 3.50. The molecule has 0 N–H and O–H groups in total. The van der Waals surface area contributed by atoms with E-state index in [1.165, 1.54) is 26.4 Å². The van der Waals surface area contributed by atoms with Crippen LogP contribution < -0.4 is 0 Å². The highest BCUT2D eigenvalue weighted by Crippen LogP contribution is 2.61. The van der Waals surface area contributed by atoms with E-state index in [1.807, 2.05) is 12.1 Å². The molecule has 4 nitrogen and oxygen atoms in total. The number of ether oxygens (including phenoxy) is 1. The SMILES string of the molecule is COC(=O)C1CC(=O)N(C23CC4CC(CC(C4)C2)C3)C1c1ccc(Br)cc1. The Morgan fingerprint density at radius 1 is 1.07 bits per heavy atom. The molecule has 2 atom stereocenters. The molecule has 2 unspecified atom stereocenters. The van der Waals surface area contributed by atoms with Crippen molar-refractivity contribution in [1.82, 2.24) is 4.90 Å². The first-order valence-corrected chi connectivity index (χ1v) is 10.9. The fourth-order valence-electron chi connectivity index (χ4n) is 7.06. The summed E-state index contributed by atoms with van der Waals surface area (Å²) in [6.45, 7) is 0. The minimum absolute atomic E-state index is 0.0493. The van der Waals surface area contributed by atoms with Crippen molar-refractivity contribution in [3.8, 4) is 0 Å². The molecule has 6 rings (SSSR count). The average Bonchev–Trinajstić information content (AvgIpc) is 2.98. The number of hydrogen-bond donors (Lipinski definition) is 0. The van der Waals surface area contributed by atoms with Crippen LogP contribution in [0.1, 0.15) is 56.6 Å². The van der Waals surface area contributed by atoms with E-state index in [-0.39, 0.29) is 29.9 Å². The number of nitrogens with zero attached hydrogens (tertiary/aromatic N) is 1. The van der Waals surface area contributed by atoms with Gasteiger partial charge in [-0.15, -0.1) is 0 Å². The van der Waals surface area contributed by atoms with Crippen molar-refractivity contribution < 1.29 is 14.3 Å². The standard InChI is InChI=1S/C22H26BrNO3/c1-27-21(26)18-9-19(25)24(20(18)16-2-4-17(23)5-3-16)22-10-13-6-14(11-22)8-15(7-13)12-22/h2-5,13-15,18,20H,6-12H2,1H3. The summed E-state index contributed by atoms with van der Waals surface area (Å²) in [5, 5.41) is 0. The second-order valence-electron chi connectivity index (χ2n) is 9.24. The lowest BCUT2D eigenvalue weighted by Crippen LogP contribution is -2.61. The summed E-state index contributed by atoms with van der Waals surface area (Å²) in [7, 11) is 1.43. The Kier molecular flexibility index (Phi) is 4.15. The molecule has 4 saturated carbocycles. The lowest BCUT2D eigenvalue weighted by Gasteiger charge is -2.61. The van der Waals surface area contributed by atoms with Gasteiger partial charge in [0.05, 0.1) is 19.1 Å².